The van der Waals surface area contributed by atoms with Crippen molar-refractivity contribution in [2.45, 2.75) is 6.92 Å². The van der Waals surface area contributed by atoms with E-state index in [0.29, 0.717) is 28.7 Å². The lowest BCUT2D eigenvalue weighted by Gasteiger charge is -2.12. The molecule has 2 aromatic rings. The second kappa shape index (κ2) is 5.52. The molecule has 0 saturated carbocycles. The number of hydrogen-bond acceptors (Lipinski definition) is 4. The van der Waals surface area contributed by atoms with Gasteiger partial charge >= 0.3 is 0 Å². The summed E-state index contributed by atoms with van der Waals surface area (Å²) in [6.07, 6.45) is 0. The number of ether oxygens (including phenoxy) is 3. The highest BCUT2D eigenvalue weighted by Crippen LogP contribution is 2.34. The molecule has 4 heteroatoms. The van der Waals surface area contributed by atoms with E-state index in [-0.39, 0.29) is 0 Å². The zero-order chi connectivity index (χ0) is 13.8. The highest BCUT2D eigenvalue weighted by Gasteiger charge is 2.07. The molecule has 0 aliphatic heterocycles. The van der Waals surface area contributed by atoms with Gasteiger partial charge in [-0.3, -0.25) is 0 Å². The minimum Gasteiger partial charge on any atom is -0.497 e. The molecule has 0 bridgehead atoms. The van der Waals surface area contributed by atoms with Crippen LogP contribution in [0.1, 0.15) is 5.56 Å². The van der Waals surface area contributed by atoms with Crippen molar-refractivity contribution in [2.75, 3.05) is 20.0 Å². The number of anilines is 1. The first-order valence-electron chi connectivity index (χ1n) is 5.89. The number of aryl methyl sites for hydroxylation is 1. The maximum absolute atomic E-state index is 5.79. The second-order valence-electron chi connectivity index (χ2n) is 4.20. The Bertz CT molecular complexity index is 582. The molecule has 0 unspecified atom stereocenters. The molecule has 0 fully saturated rings. The molecule has 0 aliphatic carbocycles. The predicted octanol–water partition coefficient (Wildman–Crippen LogP) is 3.39. The van der Waals surface area contributed by atoms with Crippen LogP contribution in [0, 0.1) is 6.92 Å². The van der Waals surface area contributed by atoms with Crippen molar-refractivity contribution in [2.24, 2.45) is 0 Å². The summed E-state index contributed by atoms with van der Waals surface area (Å²) in [5, 5.41) is 0. The predicted molar refractivity (Wildman–Crippen MR) is 75.2 cm³/mol. The summed E-state index contributed by atoms with van der Waals surface area (Å²) < 4.78 is 16.2. The van der Waals surface area contributed by atoms with Gasteiger partial charge in [-0.1, -0.05) is 6.07 Å². The summed E-state index contributed by atoms with van der Waals surface area (Å²) in [4.78, 5) is 0. The molecule has 19 heavy (non-hydrogen) atoms. The summed E-state index contributed by atoms with van der Waals surface area (Å²) in [6, 6.07) is 11.0. The van der Waals surface area contributed by atoms with Gasteiger partial charge in [0.05, 0.1) is 14.2 Å². The van der Waals surface area contributed by atoms with Crippen molar-refractivity contribution in [3.8, 4) is 23.0 Å². The molecule has 0 atom stereocenters. The maximum Gasteiger partial charge on any atom is 0.169 e. The highest BCUT2D eigenvalue weighted by molar-refractivity contribution is 5.53. The van der Waals surface area contributed by atoms with Gasteiger partial charge in [0.2, 0.25) is 0 Å². The van der Waals surface area contributed by atoms with Crippen LogP contribution in [0.4, 0.5) is 5.69 Å². The smallest absolute Gasteiger partial charge is 0.169 e. The molecular formula is C15H17NO3. The molecule has 0 spiro atoms. The van der Waals surface area contributed by atoms with Crippen LogP contribution in [-0.4, -0.2) is 14.2 Å². The fourth-order valence-corrected chi connectivity index (χ4v) is 1.76. The Morgan fingerprint density at radius 3 is 2.26 bits per heavy atom. The van der Waals surface area contributed by atoms with Gasteiger partial charge in [-0.15, -0.1) is 0 Å². The zero-order valence-electron chi connectivity index (χ0n) is 11.3. The fraction of sp³-hybridized carbons (Fsp3) is 0.200. The summed E-state index contributed by atoms with van der Waals surface area (Å²) in [5.41, 5.74) is 7.48. The maximum atomic E-state index is 5.79. The molecular weight excluding hydrogens is 242 g/mol. The van der Waals surface area contributed by atoms with Crippen molar-refractivity contribution in [1.29, 1.82) is 0 Å². The first-order valence-corrected chi connectivity index (χ1v) is 5.89. The Morgan fingerprint density at radius 2 is 1.58 bits per heavy atom. The number of nitrogen functional groups attached to an aromatic ring is 1. The lowest BCUT2D eigenvalue weighted by molar-refractivity contribution is 0.376. The number of rotatable bonds is 4. The fourth-order valence-electron chi connectivity index (χ4n) is 1.76. The topological polar surface area (TPSA) is 53.7 Å². The van der Waals surface area contributed by atoms with Crippen LogP contribution in [0.3, 0.4) is 0 Å². The van der Waals surface area contributed by atoms with E-state index < -0.39 is 0 Å². The average Bonchev–Trinajstić information content (AvgIpc) is 2.40. The van der Waals surface area contributed by atoms with Gasteiger partial charge in [0, 0.05) is 23.9 Å². The lowest BCUT2D eigenvalue weighted by atomic mass is 10.2. The van der Waals surface area contributed by atoms with Crippen LogP contribution in [0.25, 0.3) is 0 Å². The van der Waals surface area contributed by atoms with E-state index >= 15 is 0 Å². The van der Waals surface area contributed by atoms with Gasteiger partial charge in [-0.05, 0) is 24.6 Å². The summed E-state index contributed by atoms with van der Waals surface area (Å²) in [5.74, 6) is 2.59. The van der Waals surface area contributed by atoms with Crippen LogP contribution in [-0.2, 0) is 0 Å². The van der Waals surface area contributed by atoms with Gasteiger partial charge in [0.15, 0.2) is 11.5 Å². The van der Waals surface area contributed by atoms with E-state index in [1.165, 1.54) is 0 Å². The van der Waals surface area contributed by atoms with Crippen LogP contribution in [0.2, 0.25) is 0 Å². The van der Waals surface area contributed by atoms with Gasteiger partial charge in [0.1, 0.15) is 11.5 Å². The molecule has 0 aliphatic rings. The van der Waals surface area contributed by atoms with Crippen molar-refractivity contribution in [1.82, 2.24) is 0 Å². The summed E-state index contributed by atoms with van der Waals surface area (Å²) in [7, 11) is 3.20. The third kappa shape index (κ3) is 3.10. The minimum absolute atomic E-state index is 0.584. The molecule has 2 rings (SSSR count). The largest absolute Gasteiger partial charge is 0.497 e. The van der Waals surface area contributed by atoms with Gasteiger partial charge in [-0.2, -0.15) is 0 Å². The molecule has 0 saturated heterocycles. The first kappa shape index (κ1) is 13.1. The van der Waals surface area contributed by atoms with Crippen LogP contribution >= 0.6 is 0 Å². The number of hydrogen-bond donors (Lipinski definition) is 1. The Kier molecular flexibility index (Phi) is 3.80. The molecule has 100 valence electrons. The molecule has 0 radical (unpaired) electrons. The third-order valence-electron chi connectivity index (χ3n) is 2.69. The third-order valence-corrected chi connectivity index (χ3v) is 2.69. The second-order valence-corrected chi connectivity index (χ2v) is 4.20. The quantitative estimate of drug-likeness (QED) is 0.855. The Balaban J connectivity index is 2.33. The molecule has 0 aromatic heterocycles. The summed E-state index contributed by atoms with van der Waals surface area (Å²) in [6.45, 7) is 2.00. The highest BCUT2D eigenvalue weighted by atomic mass is 16.5. The SMILES string of the molecule is COc1cc(N)cc(Oc2ccc(C)cc2OC)c1. The van der Waals surface area contributed by atoms with E-state index in [2.05, 4.69) is 0 Å². The van der Waals surface area contributed by atoms with E-state index in [4.69, 9.17) is 19.9 Å². The minimum atomic E-state index is 0.584. The Labute approximate surface area is 112 Å². The monoisotopic (exact) mass is 259 g/mol. The number of benzene rings is 2. The van der Waals surface area contributed by atoms with Gasteiger partial charge < -0.3 is 19.9 Å². The zero-order valence-corrected chi connectivity index (χ0v) is 11.3. The van der Waals surface area contributed by atoms with E-state index in [0.717, 1.165) is 5.56 Å². The van der Waals surface area contributed by atoms with Crippen molar-refractivity contribution in [3.05, 3.63) is 42.0 Å². The number of nitrogens with two attached hydrogens (primary N) is 1. The Hall–Kier alpha value is -2.36. The summed E-state index contributed by atoms with van der Waals surface area (Å²) >= 11 is 0. The van der Waals surface area contributed by atoms with Gasteiger partial charge in [0.25, 0.3) is 0 Å². The van der Waals surface area contributed by atoms with Crippen LogP contribution in [0.5, 0.6) is 23.0 Å². The number of methoxy groups -OCH3 is 2. The molecule has 4 nitrogen and oxygen atoms in total. The van der Waals surface area contributed by atoms with E-state index in [9.17, 15) is 0 Å². The van der Waals surface area contributed by atoms with Crippen LogP contribution < -0.4 is 19.9 Å². The molecule has 2 aromatic carbocycles. The first-order chi connectivity index (χ1) is 9.12. The Morgan fingerprint density at radius 1 is 0.842 bits per heavy atom. The van der Waals surface area contributed by atoms with Crippen molar-refractivity contribution < 1.29 is 14.2 Å². The standard InChI is InChI=1S/C15H17NO3/c1-10-4-5-14(15(6-10)18-3)19-13-8-11(16)7-12(9-13)17-2/h4-9H,16H2,1-3H3. The average molecular weight is 259 g/mol. The van der Waals surface area contributed by atoms with Crippen molar-refractivity contribution in [3.63, 3.8) is 0 Å². The molecule has 0 heterocycles. The van der Waals surface area contributed by atoms with Crippen molar-refractivity contribution >= 4 is 5.69 Å². The normalized spacial score (nSPS) is 10.1. The van der Waals surface area contributed by atoms with Gasteiger partial charge in [-0.25, -0.2) is 0 Å². The molecule has 2 N–H and O–H groups in total. The van der Waals surface area contributed by atoms with E-state index in [1.807, 2.05) is 25.1 Å². The van der Waals surface area contributed by atoms with Crippen LogP contribution in [0.15, 0.2) is 36.4 Å². The lowest BCUT2D eigenvalue weighted by Crippen LogP contribution is -1.93. The van der Waals surface area contributed by atoms with E-state index in [1.54, 1.807) is 32.4 Å². The molecule has 0 amide bonds.